The van der Waals surface area contributed by atoms with Gasteiger partial charge in [-0.1, -0.05) is 0 Å². The zero-order valence-electron chi connectivity index (χ0n) is 5.41. The Balaban J connectivity index is 0.000000500. The Hall–Kier alpha value is -1.22. The fourth-order valence-corrected chi connectivity index (χ4v) is 0.938. The van der Waals surface area contributed by atoms with Gasteiger partial charge in [-0.2, -0.15) is 0 Å². The number of aliphatic imine (C=N–C) groups is 1. The summed E-state index contributed by atoms with van der Waals surface area (Å²) in [4.78, 5) is 8.05. The van der Waals surface area contributed by atoms with Crippen LogP contribution in [-0.2, 0) is 6.54 Å². The van der Waals surface area contributed by atoms with Crippen LogP contribution in [0, 0.1) is 0 Å². The molecule has 0 spiro atoms. The quantitative estimate of drug-likeness (QED) is 0.502. The van der Waals surface area contributed by atoms with E-state index in [1.54, 1.807) is 6.20 Å². The van der Waals surface area contributed by atoms with Crippen molar-refractivity contribution in [3.8, 4) is 0 Å². The van der Waals surface area contributed by atoms with E-state index in [-0.39, 0.29) is 5.48 Å². The average molecular weight is 136 g/mol. The first-order valence-corrected chi connectivity index (χ1v) is 2.89. The first-order valence-electron chi connectivity index (χ1n) is 2.89. The third-order valence-corrected chi connectivity index (χ3v) is 1.44. The molecular weight excluding hydrogens is 128 g/mol. The molecule has 0 atom stereocenters. The molecule has 10 heavy (non-hydrogen) atoms. The molecule has 2 N–H and O–H groups in total. The Kier molecular flexibility index (Phi) is 1.78. The second-order valence-electron chi connectivity index (χ2n) is 2.04. The maximum atomic E-state index is 4.09. The minimum absolute atomic E-state index is 0. The molecule has 1 aromatic rings. The summed E-state index contributed by atoms with van der Waals surface area (Å²) in [5.74, 6) is 0. The number of pyridine rings is 1. The van der Waals surface area contributed by atoms with Gasteiger partial charge in [0.1, 0.15) is 0 Å². The second-order valence-corrected chi connectivity index (χ2v) is 2.04. The van der Waals surface area contributed by atoms with Gasteiger partial charge in [0.05, 0.1) is 6.54 Å². The van der Waals surface area contributed by atoms with Crippen molar-refractivity contribution in [2.45, 2.75) is 6.54 Å². The predicted octanol–water partition coefficient (Wildman–Crippen LogP) is 0.189. The lowest BCUT2D eigenvalue weighted by Gasteiger charge is -1.90. The molecule has 1 aromatic heterocycles. The van der Waals surface area contributed by atoms with Crippen LogP contribution in [0.3, 0.4) is 0 Å². The van der Waals surface area contributed by atoms with Crippen LogP contribution >= 0.6 is 0 Å². The number of fused-ring (bicyclic) bond motifs is 1. The highest BCUT2D eigenvalue weighted by atomic mass is 16.0. The van der Waals surface area contributed by atoms with Crippen LogP contribution in [0.2, 0.25) is 0 Å². The number of hydrogen-bond acceptors (Lipinski definition) is 2. The molecule has 1 aliphatic rings. The molecule has 0 amide bonds. The van der Waals surface area contributed by atoms with E-state index in [4.69, 9.17) is 0 Å². The summed E-state index contributed by atoms with van der Waals surface area (Å²) in [5, 5.41) is 0. The van der Waals surface area contributed by atoms with Gasteiger partial charge in [0.15, 0.2) is 0 Å². The molecule has 2 rings (SSSR count). The molecule has 0 saturated carbocycles. The first-order chi connectivity index (χ1) is 4.47. The van der Waals surface area contributed by atoms with E-state index in [0.29, 0.717) is 0 Å². The largest absolute Gasteiger partial charge is 0.412 e. The molecule has 2 heterocycles. The monoisotopic (exact) mass is 136 g/mol. The van der Waals surface area contributed by atoms with E-state index in [1.807, 2.05) is 18.5 Å². The maximum absolute atomic E-state index is 4.09. The lowest BCUT2D eigenvalue weighted by Crippen LogP contribution is -1.83. The van der Waals surface area contributed by atoms with Gasteiger partial charge in [-0.15, -0.1) is 0 Å². The van der Waals surface area contributed by atoms with Crippen LogP contribution in [0.15, 0.2) is 23.5 Å². The summed E-state index contributed by atoms with van der Waals surface area (Å²) in [5.41, 5.74) is 2.45. The number of rotatable bonds is 0. The van der Waals surface area contributed by atoms with Crippen LogP contribution < -0.4 is 0 Å². The summed E-state index contributed by atoms with van der Waals surface area (Å²) >= 11 is 0. The number of hydrogen-bond donors (Lipinski definition) is 0. The SMILES string of the molecule is C1=NCc2ccncc21.O. The summed E-state index contributed by atoms with van der Waals surface area (Å²) in [6.07, 6.45) is 5.50. The molecule has 0 aromatic carbocycles. The molecule has 3 heteroatoms. The van der Waals surface area contributed by atoms with E-state index in [0.717, 1.165) is 12.1 Å². The normalized spacial score (nSPS) is 12.4. The third-order valence-electron chi connectivity index (χ3n) is 1.44. The van der Waals surface area contributed by atoms with Crippen molar-refractivity contribution in [3.05, 3.63) is 29.6 Å². The molecule has 3 nitrogen and oxygen atoms in total. The van der Waals surface area contributed by atoms with E-state index in [9.17, 15) is 0 Å². The van der Waals surface area contributed by atoms with Crippen molar-refractivity contribution < 1.29 is 5.48 Å². The molecule has 0 radical (unpaired) electrons. The van der Waals surface area contributed by atoms with Crippen LogP contribution in [0.1, 0.15) is 11.1 Å². The highest BCUT2D eigenvalue weighted by molar-refractivity contribution is 5.83. The van der Waals surface area contributed by atoms with Crippen molar-refractivity contribution in [2.24, 2.45) is 4.99 Å². The van der Waals surface area contributed by atoms with Crippen molar-refractivity contribution in [1.82, 2.24) is 4.98 Å². The summed E-state index contributed by atoms with van der Waals surface area (Å²) in [7, 11) is 0. The van der Waals surface area contributed by atoms with Crippen LogP contribution in [0.5, 0.6) is 0 Å². The number of aromatic nitrogens is 1. The van der Waals surface area contributed by atoms with Crippen LogP contribution in [-0.4, -0.2) is 16.7 Å². The van der Waals surface area contributed by atoms with Gasteiger partial charge < -0.3 is 5.48 Å². The number of nitrogens with zero attached hydrogens (tertiary/aromatic N) is 2. The highest BCUT2D eigenvalue weighted by Crippen LogP contribution is 2.10. The molecule has 52 valence electrons. The van der Waals surface area contributed by atoms with Crippen LogP contribution in [0.4, 0.5) is 0 Å². The lowest BCUT2D eigenvalue weighted by atomic mass is 10.2. The predicted molar refractivity (Wildman–Crippen MR) is 39.1 cm³/mol. The minimum Gasteiger partial charge on any atom is -0.412 e. The van der Waals surface area contributed by atoms with Gasteiger partial charge in [0.25, 0.3) is 0 Å². The van der Waals surface area contributed by atoms with E-state index >= 15 is 0 Å². The Labute approximate surface area is 58.8 Å². The zero-order chi connectivity index (χ0) is 6.10. The Morgan fingerprint density at radius 1 is 1.40 bits per heavy atom. The van der Waals surface area contributed by atoms with Gasteiger partial charge in [0, 0.05) is 24.2 Å². The zero-order valence-corrected chi connectivity index (χ0v) is 5.41. The molecule has 0 aliphatic carbocycles. The fraction of sp³-hybridized carbons (Fsp3) is 0.143. The average Bonchev–Trinajstić information content (AvgIpc) is 2.33. The Bertz CT molecular complexity index is 258. The van der Waals surface area contributed by atoms with Gasteiger partial charge in [0.2, 0.25) is 0 Å². The van der Waals surface area contributed by atoms with E-state index < -0.39 is 0 Å². The first kappa shape index (κ1) is 6.89. The van der Waals surface area contributed by atoms with Gasteiger partial charge >= 0.3 is 0 Å². The van der Waals surface area contributed by atoms with Crippen molar-refractivity contribution in [1.29, 1.82) is 0 Å². The Morgan fingerprint density at radius 2 is 2.30 bits per heavy atom. The lowest BCUT2D eigenvalue weighted by molar-refractivity contribution is 0.824. The van der Waals surface area contributed by atoms with Crippen LogP contribution in [0.25, 0.3) is 0 Å². The van der Waals surface area contributed by atoms with E-state index in [1.165, 1.54) is 5.56 Å². The topological polar surface area (TPSA) is 56.8 Å². The standard InChI is InChI=1S/C7H6N2.H2O/c1-2-8-4-7-5-9-3-6(1)7;/h1-2,4-5H,3H2;1H2. The smallest absolute Gasteiger partial charge is 0.0647 e. The van der Waals surface area contributed by atoms with Gasteiger partial charge in [-0.3, -0.25) is 9.98 Å². The maximum Gasteiger partial charge on any atom is 0.0647 e. The molecule has 1 aliphatic heterocycles. The van der Waals surface area contributed by atoms with Gasteiger partial charge in [-0.05, 0) is 11.6 Å². The molecule has 0 saturated heterocycles. The molecular formula is C7H8N2O. The van der Waals surface area contributed by atoms with Crippen molar-refractivity contribution in [2.75, 3.05) is 0 Å². The van der Waals surface area contributed by atoms with Crippen molar-refractivity contribution in [3.63, 3.8) is 0 Å². The van der Waals surface area contributed by atoms with E-state index in [2.05, 4.69) is 9.98 Å². The third kappa shape index (κ3) is 0.910. The highest BCUT2D eigenvalue weighted by Gasteiger charge is 2.02. The minimum atomic E-state index is 0. The second kappa shape index (κ2) is 2.58. The molecule has 0 bridgehead atoms. The summed E-state index contributed by atoms with van der Waals surface area (Å²) in [6.45, 7) is 0.831. The molecule has 0 unspecified atom stereocenters. The fourth-order valence-electron chi connectivity index (χ4n) is 0.938. The van der Waals surface area contributed by atoms with Crippen molar-refractivity contribution >= 4 is 6.21 Å². The summed E-state index contributed by atoms with van der Waals surface area (Å²) in [6, 6.07) is 2.00. The summed E-state index contributed by atoms with van der Waals surface area (Å²) < 4.78 is 0. The Morgan fingerprint density at radius 3 is 3.10 bits per heavy atom. The molecule has 0 fully saturated rings. The van der Waals surface area contributed by atoms with Gasteiger partial charge in [-0.25, -0.2) is 0 Å².